The van der Waals surface area contributed by atoms with Crippen LogP contribution in [0.2, 0.25) is 5.02 Å². The lowest BCUT2D eigenvalue weighted by Gasteiger charge is -2.07. The number of ether oxygens (including phenoxy) is 1. The van der Waals surface area contributed by atoms with E-state index in [1.807, 2.05) is 85.1 Å². The van der Waals surface area contributed by atoms with Crippen LogP contribution in [-0.4, -0.2) is 27.3 Å². The minimum absolute atomic E-state index is 0.0722. The van der Waals surface area contributed by atoms with Gasteiger partial charge < -0.3 is 14.4 Å². The molecule has 0 spiro atoms. The second kappa shape index (κ2) is 11.0. The molecule has 37 heavy (non-hydrogen) atoms. The number of thioether (sulfide) groups is 1. The number of hydrogen-bond acceptors (Lipinski definition) is 5. The minimum atomic E-state index is -0.602. The third kappa shape index (κ3) is 5.39. The van der Waals surface area contributed by atoms with E-state index in [-0.39, 0.29) is 17.9 Å². The molecule has 2 heterocycles. The number of aliphatic hydroxyl groups is 1. The summed E-state index contributed by atoms with van der Waals surface area (Å²) in [5.41, 5.74) is 3.67. The highest BCUT2D eigenvalue weighted by atomic mass is 79.9. The van der Waals surface area contributed by atoms with Gasteiger partial charge in [-0.2, -0.15) is 0 Å². The van der Waals surface area contributed by atoms with E-state index in [2.05, 4.69) is 25.5 Å². The average Bonchev–Trinajstić information content (AvgIpc) is 3.37. The molecule has 0 bridgehead atoms. The van der Waals surface area contributed by atoms with Crippen LogP contribution in [0, 0.1) is 0 Å². The Labute approximate surface area is 232 Å². The SMILES string of the molecule is CCOC(=O)C1=C(O)/C(=C/c2cn(Cc3ccccc3Cl)c3ccc(Br)cc23)SC1=Nc1ccccc1. The molecule has 1 aromatic heterocycles. The zero-order valence-electron chi connectivity index (χ0n) is 19.8. The van der Waals surface area contributed by atoms with Crippen LogP contribution in [-0.2, 0) is 16.1 Å². The highest BCUT2D eigenvalue weighted by molar-refractivity contribution is 9.10. The summed E-state index contributed by atoms with van der Waals surface area (Å²) in [5.74, 6) is -0.741. The number of fused-ring (bicyclic) bond motifs is 1. The first-order valence-electron chi connectivity index (χ1n) is 11.6. The second-order valence-electron chi connectivity index (χ2n) is 8.27. The van der Waals surface area contributed by atoms with Crippen LogP contribution in [0.1, 0.15) is 18.1 Å². The van der Waals surface area contributed by atoms with Gasteiger partial charge in [-0.15, -0.1) is 0 Å². The average molecular weight is 594 g/mol. The van der Waals surface area contributed by atoms with Gasteiger partial charge in [-0.05, 0) is 55.0 Å². The number of para-hydroxylation sites is 1. The molecule has 0 saturated heterocycles. The van der Waals surface area contributed by atoms with Gasteiger partial charge in [0.2, 0.25) is 0 Å². The quantitative estimate of drug-likeness (QED) is 0.228. The summed E-state index contributed by atoms with van der Waals surface area (Å²) >= 11 is 11.3. The van der Waals surface area contributed by atoms with E-state index in [4.69, 9.17) is 16.3 Å². The molecule has 186 valence electrons. The highest BCUT2D eigenvalue weighted by Crippen LogP contribution is 2.41. The lowest BCUT2D eigenvalue weighted by atomic mass is 10.1. The molecule has 5 rings (SSSR count). The monoisotopic (exact) mass is 592 g/mol. The van der Waals surface area contributed by atoms with Gasteiger partial charge >= 0.3 is 5.97 Å². The first-order chi connectivity index (χ1) is 17.9. The van der Waals surface area contributed by atoms with Crippen molar-refractivity contribution in [1.29, 1.82) is 0 Å². The summed E-state index contributed by atoms with van der Waals surface area (Å²) in [7, 11) is 0. The second-order valence-corrected chi connectivity index (χ2v) is 10.6. The van der Waals surface area contributed by atoms with Gasteiger partial charge in [0.1, 0.15) is 16.4 Å². The highest BCUT2D eigenvalue weighted by Gasteiger charge is 2.33. The molecule has 0 aliphatic carbocycles. The molecule has 1 aliphatic rings. The van der Waals surface area contributed by atoms with Gasteiger partial charge in [-0.3, -0.25) is 0 Å². The first kappa shape index (κ1) is 25.4. The van der Waals surface area contributed by atoms with E-state index in [1.165, 1.54) is 11.8 Å². The number of hydrogen-bond donors (Lipinski definition) is 1. The predicted molar refractivity (Wildman–Crippen MR) is 156 cm³/mol. The van der Waals surface area contributed by atoms with E-state index in [1.54, 1.807) is 6.92 Å². The molecule has 1 N–H and O–H groups in total. The third-order valence-corrected chi connectivity index (χ3v) is 7.70. The van der Waals surface area contributed by atoms with Gasteiger partial charge in [-0.25, -0.2) is 9.79 Å². The van der Waals surface area contributed by atoms with Gasteiger partial charge in [0.05, 0.1) is 17.2 Å². The standard InChI is InChI=1S/C29H22BrClN2O3S/c1-2-36-29(35)26-27(34)25(37-28(26)32-21-9-4-3-5-10-21)14-19-17-33(16-18-8-6-7-11-23(18)31)24-13-12-20(30)15-22(19)24/h3-15,17,34H,2,16H2,1H3/b25-14-,32-28?. The Balaban J connectivity index is 1.60. The fourth-order valence-electron chi connectivity index (χ4n) is 4.11. The molecule has 8 heteroatoms. The van der Waals surface area contributed by atoms with Crippen LogP contribution in [0.5, 0.6) is 0 Å². The Morgan fingerprint density at radius 1 is 1.14 bits per heavy atom. The molecule has 0 radical (unpaired) electrons. The summed E-state index contributed by atoms with van der Waals surface area (Å²) in [6.45, 7) is 2.51. The molecular weight excluding hydrogens is 572 g/mol. The Bertz CT molecular complexity index is 1590. The van der Waals surface area contributed by atoms with Crippen molar-refractivity contribution in [2.24, 2.45) is 4.99 Å². The minimum Gasteiger partial charge on any atom is -0.506 e. The first-order valence-corrected chi connectivity index (χ1v) is 13.6. The molecule has 0 unspecified atom stereocenters. The van der Waals surface area contributed by atoms with Gasteiger partial charge in [0.25, 0.3) is 0 Å². The van der Waals surface area contributed by atoms with Crippen molar-refractivity contribution in [1.82, 2.24) is 4.57 Å². The number of aliphatic imine (C=N–C) groups is 1. The van der Waals surface area contributed by atoms with E-state index >= 15 is 0 Å². The number of carbonyl (C=O) groups excluding carboxylic acids is 1. The maximum Gasteiger partial charge on any atom is 0.344 e. The Morgan fingerprint density at radius 2 is 1.89 bits per heavy atom. The summed E-state index contributed by atoms with van der Waals surface area (Å²) in [6, 6.07) is 23.2. The number of aromatic nitrogens is 1. The molecule has 0 fully saturated rings. The smallest absolute Gasteiger partial charge is 0.344 e. The number of rotatable bonds is 6. The number of nitrogens with zero attached hydrogens (tertiary/aromatic N) is 2. The van der Waals surface area contributed by atoms with Crippen LogP contribution in [0.15, 0.2) is 105 Å². The van der Waals surface area contributed by atoms with Crippen LogP contribution < -0.4 is 0 Å². The Kier molecular flexibility index (Phi) is 7.55. The van der Waals surface area contributed by atoms with Crippen LogP contribution >= 0.6 is 39.3 Å². The number of esters is 1. The van der Waals surface area contributed by atoms with E-state index < -0.39 is 5.97 Å². The molecule has 0 amide bonds. The fraction of sp³-hybridized carbons (Fsp3) is 0.103. The largest absolute Gasteiger partial charge is 0.506 e. The van der Waals surface area contributed by atoms with Crippen molar-refractivity contribution in [2.45, 2.75) is 13.5 Å². The van der Waals surface area contributed by atoms with Crippen molar-refractivity contribution in [3.63, 3.8) is 0 Å². The Hall–Kier alpha value is -3.26. The normalized spacial score (nSPS) is 15.8. The van der Waals surface area contributed by atoms with Crippen molar-refractivity contribution >= 4 is 73.0 Å². The zero-order chi connectivity index (χ0) is 25.9. The lowest BCUT2D eigenvalue weighted by Crippen LogP contribution is -2.12. The third-order valence-electron chi connectivity index (χ3n) is 5.82. The van der Waals surface area contributed by atoms with Gasteiger partial charge in [0.15, 0.2) is 0 Å². The van der Waals surface area contributed by atoms with Crippen LogP contribution in [0.4, 0.5) is 5.69 Å². The van der Waals surface area contributed by atoms with E-state index in [9.17, 15) is 9.90 Å². The van der Waals surface area contributed by atoms with Crippen molar-refractivity contribution < 1.29 is 14.6 Å². The maximum absolute atomic E-state index is 12.8. The van der Waals surface area contributed by atoms with Gasteiger partial charge in [-0.1, -0.05) is 75.7 Å². The molecule has 1 aliphatic heterocycles. The maximum atomic E-state index is 12.8. The number of benzene rings is 3. The van der Waals surface area contributed by atoms with Crippen LogP contribution in [0.25, 0.3) is 17.0 Å². The number of aliphatic hydroxyl groups excluding tert-OH is 1. The lowest BCUT2D eigenvalue weighted by molar-refractivity contribution is -0.138. The Morgan fingerprint density at radius 3 is 2.65 bits per heavy atom. The number of carbonyl (C=O) groups is 1. The van der Waals surface area contributed by atoms with Crippen molar-refractivity contribution in [3.8, 4) is 0 Å². The molecule has 0 saturated carbocycles. The van der Waals surface area contributed by atoms with E-state index in [0.29, 0.717) is 27.2 Å². The molecule has 4 aromatic rings. The van der Waals surface area contributed by atoms with Gasteiger partial charge in [0, 0.05) is 38.7 Å². The molecule has 5 nitrogen and oxygen atoms in total. The predicted octanol–water partition coefficient (Wildman–Crippen LogP) is 8.30. The summed E-state index contributed by atoms with van der Waals surface area (Å²) in [4.78, 5) is 17.9. The van der Waals surface area contributed by atoms with Crippen molar-refractivity contribution in [2.75, 3.05) is 6.61 Å². The summed E-state index contributed by atoms with van der Waals surface area (Å²) < 4.78 is 8.29. The summed E-state index contributed by atoms with van der Waals surface area (Å²) in [6.07, 6.45) is 3.91. The topological polar surface area (TPSA) is 63.8 Å². The fourth-order valence-corrected chi connectivity index (χ4v) is 5.69. The van der Waals surface area contributed by atoms with Crippen molar-refractivity contribution in [3.05, 3.63) is 116 Å². The number of halogens is 2. The molecule has 0 atom stereocenters. The van der Waals surface area contributed by atoms with E-state index in [0.717, 1.165) is 26.5 Å². The molecule has 3 aromatic carbocycles. The molecular formula is C29H22BrClN2O3S. The van der Waals surface area contributed by atoms with Crippen LogP contribution in [0.3, 0.4) is 0 Å². The summed E-state index contributed by atoms with van der Waals surface area (Å²) in [5, 5.41) is 13.2. The zero-order valence-corrected chi connectivity index (χ0v) is 23.0.